The van der Waals surface area contributed by atoms with Gasteiger partial charge in [0.05, 0.1) is 4.58 Å². The molecule has 1 fully saturated rings. The fraction of sp³-hybridized carbons (Fsp3) is 1.00. The van der Waals surface area contributed by atoms with Gasteiger partial charge in [0.15, 0.2) is 0 Å². The molecule has 1 aliphatic rings. The van der Waals surface area contributed by atoms with Gasteiger partial charge in [0.1, 0.15) is 0 Å². The maximum Gasteiger partial charge on any atom is 0.0513 e. The Bertz CT molecular complexity index is 101. The first-order valence-electron chi connectivity index (χ1n) is 3.24. The number of hydrogen-bond donors (Lipinski definition) is 1. The summed E-state index contributed by atoms with van der Waals surface area (Å²) in [6, 6.07) is 0. The van der Waals surface area contributed by atoms with E-state index in [-0.39, 0.29) is 0 Å². The van der Waals surface area contributed by atoms with Crippen LogP contribution in [0.25, 0.3) is 0 Å². The summed E-state index contributed by atoms with van der Waals surface area (Å²) in [5.74, 6) is 3.98. The van der Waals surface area contributed by atoms with Gasteiger partial charge in [0.2, 0.25) is 0 Å². The van der Waals surface area contributed by atoms with Gasteiger partial charge < -0.3 is 0 Å². The average molecular weight is 214 g/mol. The van der Waals surface area contributed by atoms with Crippen molar-refractivity contribution in [2.24, 2.45) is 0 Å². The lowest BCUT2D eigenvalue weighted by atomic mass is 10.9. The molecule has 0 amide bonds. The van der Waals surface area contributed by atoms with Gasteiger partial charge in [-0.2, -0.15) is 20.8 Å². The maximum absolute atomic E-state index is 4.65. The van der Waals surface area contributed by atoms with Gasteiger partial charge in [-0.1, -0.05) is 0 Å². The summed E-state index contributed by atoms with van der Waals surface area (Å²) in [5.41, 5.74) is 0. The van der Waals surface area contributed by atoms with E-state index in [0.717, 1.165) is 4.58 Å². The van der Waals surface area contributed by atoms with Gasteiger partial charge in [-0.3, -0.25) is 0 Å². The fourth-order valence-electron chi connectivity index (χ4n) is 0.799. The molecule has 0 radical (unpaired) electrons. The first-order valence-corrected chi connectivity index (χ1v) is 9.01. The van der Waals surface area contributed by atoms with Crippen molar-refractivity contribution in [2.75, 3.05) is 29.8 Å². The van der Waals surface area contributed by atoms with Crippen LogP contribution in [0.1, 0.15) is 0 Å². The lowest BCUT2D eigenvalue weighted by molar-refractivity contribution is 1.36. The third-order valence-corrected chi connectivity index (χ3v) is 8.65. The van der Waals surface area contributed by atoms with Crippen LogP contribution < -0.4 is 0 Å². The molecule has 4 heteroatoms. The van der Waals surface area contributed by atoms with Gasteiger partial charge in [0, 0.05) is 17.3 Å². The maximum atomic E-state index is 4.65. The summed E-state index contributed by atoms with van der Waals surface area (Å²) in [5, 5.41) is 0. The minimum Gasteiger partial charge on any atom is -0.188 e. The summed E-state index contributed by atoms with van der Waals surface area (Å²) in [6.07, 6.45) is 4.58. The Kier molecular flexibility index (Phi) is 3.68. The molecule has 1 heterocycles. The van der Waals surface area contributed by atoms with E-state index in [1.54, 1.807) is 0 Å². The highest BCUT2D eigenvalue weighted by Gasteiger charge is 2.23. The van der Waals surface area contributed by atoms with E-state index in [9.17, 15) is 0 Å². The standard InChI is InChI=1S/C6H14S4/c1-10(2,7)6-5-8-3-4-9-6/h6-7H,3-5H2,1-2H3. The van der Waals surface area contributed by atoms with Crippen molar-refractivity contribution in [3.63, 3.8) is 0 Å². The molecule has 0 spiro atoms. The Hall–Kier alpha value is 1.40. The number of rotatable bonds is 1. The Morgan fingerprint density at radius 2 is 2.10 bits per heavy atom. The molecule has 1 aliphatic heterocycles. The highest BCUT2D eigenvalue weighted by atomic mass is 33.1. The summed E-state index contributed by atoms with van der Waals surface area (Å²) in [7, 11) is -0.589. The third-order valence-electron chi connectivity index (χ3n) is 1.43. The molecule has 0 bridgehead atoms. The highest BCUT2D eigenvalue weighted by molar-refractivity contribution is 8.89. The van der Waals surface area contributed by atoms with E-state index in [2.05, 4.69) is 47.7 Å². The van der Waals surface area contributed by atoms with Crippen molar-refractivity contribution in [3.8, 4) is 0 Å². The molecule has 62 valence electrons. The zero-order valence-corrected chi connectivity index (χ0v) is 9.71. The Balaban J connectivity index is 2.39. The minimum absolute atomic E-state index is 0.589. The molecule has 0 aromatic rings. The van der Waals surface area contributed by atoms with Crippen LogP contribution in [0.4, 0.5) is 0 Å². The van der Waals surface area contributed by atoms with E-state index in [0.29, 0.717) is 0 Å². The van der Waals surface area contributed by atoms with Crippen LogP contribution in [0.15, 0.2) is 0 Å². The number of thioether (sulfide) groups is 2. The molecule has 1 rings (SSSR count). The van der Waals surface area contributed by atoms with E-state index in [1.807, 2.05) is 0 Å². The summed E-state index contributed by atoms with van der Waals surface area (Å²) < 4.78 is 0.828. The normalized spacial score (nSPS) is 30.1. The van der Waals surface area contributed by atoms with Crippen molar-refractivity contribution in [1.82, 2.24) is 0 Å². The van der Waals surface area contributed by atoms with Crippen LogP contribution in [0, 0.1) is 0 Å². The molecule has 0 saturated carbocycles. The summed E-state index contributed by atoms with van der Waals surface area (Å²) in [6.45, 7) is 0. The molecule has 0 aromatic carbocycles. The molecule has 1 saturated heterocycles. The highest BCUT2D eigenvalue weighted by Crippen LogP contribution is 2.56. The largest absolute Gasteiger partial charge is 0.188 e. The SMILES string of the molecule is CS(C)(S)C1CSCCS1. The van der Waals surface area contributed by atoms with Crippen LogP contribution in [0.3, 0.4) is 0 Å². The molecule has 0 aromatic heterocycles. The zero-order chi connectivity index (χ0) is 7.61. The van der Waals surface area contributed by atoms with E-state index in [4.69, 9.17) is 0 Å². The zero-order valence-electron chi connectivity index (χ0n) is 6.37. The lowest BCUT2D eigenvalue weighted by Crippen LogP contribution is -2.17. The number of hydrogen-bond acceptors (Lipinski definition) is 3. The summed E-state index contributed by atoms with van der Waals surface area (Å²) in [4.78, 5) is 0. The van der Waals surface area contributed by atoms with Gasteiger partial charge in [-0.15, -0.1) is 23.4 Å². The Morgan fingerprint density at radius 1 is 1.40 bits per heavy atom. The van der Waals surface area contributed by atoms with Crippen LogP contribution in [-0.4, -0.2) is 34.4 Å². The molecular formula is C6H14S4. The van der Waals surface area contributed by atoms with Crippen LogP contribution in [-0.2, 0) is 0 Å². The van der Waals surface area contributed by atoms with E-state index < -0.39 is 9.06 Å². The smallest absolute Gasteiger partial charge is 0.0513 e. The first-order chi connectivity index (χ1) is 4.61. The molecule has 1 unspecified atom stereocenters. The van der Waals surface area contributed by atoms with Crippen LogP contribution in [0.2, 0.25) is 0 Å². The van der Waals surface area contributed by atoms with Gasteiger partial charge in [-0.05, 0) is 12.5 Å². The molecule has 0 N–H and O–H groups in total. The second kappa shape index (κ2) is 3.87. The van der Waals surface area contributed by atoms with Gasteiger partial charge in [-0.25, -0.2) is 0 Å². The van der Waals surface area contributed by atoms with Crippen molar-refractivity contribution < 1.29 is 0 Å². The Labute approximate surface area is 78.4 Å². The second-order valence-electron chi connectivity index (χ2n) is 2.73. The molecule has 10 heavy (non-hydrogen) atoms. The second-order valence-corrected chi connectivity index (χ2v) is 11.6. The van der Waals surface area contributed by atoms with Crippen LogP contribution in [0.5, 0.6) is 0 Å². The topological polar surface area (TPSA) is 0 Å². The predicted molar refractivity (Wildman–Crippen MR) is 62.0 cm³/mol. The molecule has 0 nitrogen and oxygen atoms in total. The fourth-order valence-corrected chi connectivity index (χ4v) is 7.29. The van der Waals surface area contributed by atoms with Gasteiger partial charge >= 0.3 is 0 Å². The minimum atomic E-state index is -0.589. The molecular weight excluding hydrogens is 200 g/mol. The Morgan fingerprint density at radius 3 is 2.40 bits per heavy atom. The average Bonchev–Trinajstić information content (AvgIpc) is 1.88. The quantitative estimate of drug-likeness (QED) is 0.526. The monoisotopic (exact) mass is 214 g/mol. The first kappa shape index (κ1) is 9.49. The van der Waals surface area contributed by atoms with E-state index >= 15 is 0 Å². The van der Waals surface area contributed by atoms with Crippen LogP contribution >= 0.6 is 44.2 Å². The van der Waals surface area contributed by atoms with Gasteiger partial charge in [0.25, 0.3) is 0 Å². The lowest BCUT2D eigenvalue weighted by Gasteiger charge is -2.36. The van der Waals surface area contributed by atoms with Crippen molar-refractivity contribution in [2.45, 2.75) is 4.58 Å². The van der Waals surface area contributed by atoms with Crippen molar-refractivity contribution in [1.29, 1.82) is 0 Å². The summed E-state index contributed by atoms with van der Waals surface area (Å²) >= 11 is 8.84. The van der Waals surface area contributed by atoms with Crippen molar-refractivity contribution in [3.05, 3.63) is 0 Å². The van der Waals surface area contributed by atoms with Crippen molar-refractivity contribution >= 4 is 44.2 Å². The number of thiol groups is 1. The third kappa shape index (κ3) is 2.80. The predicted octanol–water partition coefficient (Wildman–Crippen LogP) is 2.70. The molecule has 1 atom stereocenters. The van der Waals surface area contributed by atoms with E-state index in [1.165, 1.54) is 17.3 Å². The molecule has 0 aliphatic carbocycles.